The van der Waals surface area contributed by atoms with E-state index in [1.54, 1.807) is 12.0 Å². The number of nitrogens with zero attached hydrogens (tertiary/aromatic N) is 3. The van der Waals surface area contributed by atoms with Gasteiger partial charge in [-0.15, -0.1) is 0 Å². The Labute approximate surface area is 168 Å². The molecule has 8 nitrogen and oxygen atoms in total. The molecule has 0 unspecified atom stereocenters. The highest BCUT2D eigenvalue weighted by molar-refractivity contribution is 7.09. The van der Waals surface area contributed by atoms with Crippen LogP contribution in [0.4, 0.5) is 11.4 Å². The first-order chi connectivity index (χ1) is 13.4. The van der Waals surface area contributed by atoms with Gasteiger partial charge in [-0.1, -0.05) is 12.1 Å². The van der Waals surface area contributed by atoms with Gasteiger partial charge in [0.05, 0.1) is 18.5 Å². The first-order valence-corrected chi connectivity index (χ1v) is 9.93. The summed E-state index contributed by atoms with van der Waals surface area (Å²) in [5.41, 5.74) is 7.35. The maximum atomic E-state index is 12.9. The molecule has 0 atom stereocenters. The van der Waals surface area contributed by atoms with Crippen LogP contribution in [0.15, 0.2) is 24.3 Å². The molecule has 2 amide bonds. The molecule has 1 aromatic heterocycles. The van der Waals surface area contributed by atoms with E-state index in [0.29, 0.717) is 31.1 Å². The molecule has 150 valence electrons. The molecular formula is C19H25N5O3S. The van der Waals surface area contributed by atoms with Crippen LogP contribution in [0.2, 0.25) is 0 Å². The molecule has 1 saturated heterocycles. The Kier molecular flexibility index (Phi) is 6.03. The zero-order valence-electron chi connectivity index (χ0n) is 16.3. The summed E-state index contributed by atoms with van der Waals surface area (Å²) >= 11 is 0.976. The monoisotopic (exact) mass is 403 g/mol. The molecule has 1 fully saturated rings. The lowest BCUT2D eigenvalue weighted by molar-refractivity contribution is 0.0752. The predicted molar refractivity (Wildman–Crippen MR) is 110 cm³/mol. The predicted octanol–water partition coefficient (Wildman–Crippen LogP) is 1.83. The lowest BCUT2D eigenvalue weighted by atomic mass is 10.2. The number of nitrogen functional groups attached to an aromatic ring is 1. The second-order valence-electron chi connectivity index (χ2n) is 6.85. The summed E-state index contributed by atoms with van der Waals surface area (Å²) in [6.07, 6.45) is 0. The van der Waals surface area contributed by atoms with Gasteiger partial charge in [-0.3, -0.25) is 9.59 Å². The smallest absolute Gasteiger partial charge is 0.273 e. The van der Waals surface area contributed by atoms with Crippen LogP contribution in [0, 0.1) is 0 Å². The number of carbonyl (C=O) groups is 2. The quantitative estimate of drug-likeness (QED) is 0.790. The summed E-state index contributed by atoms with van der Waals surface area (Å²) in [5.74, 6) is 0.275. The van der Waals surface area contributed by atoms with Crippen LogP contribution in [0.1, 0.15) is 34.0 Å². The number of amides is 2. The number of aromatic nitrogens is 1. The summed E-state index contributed by atoms with van der Waals surface area (Å²) in [4.78, 5) is 29.3. The number of anilines is 2. The summed E-state index contributed by atoms with van der Waals surface area (Å²) in [5, 5.41) is 2.75. The van der Waals surface area contributed by atoms with E-state index in [1.165, 1.54) is 0 Å². The fraction of sp³-hybridized carbons (Fsp3) is 0.421. The first kappa shape index (κ1) is 19.9. The summed E-state index contributed by atoms with van der Waals surface area (Å²) < 4.78 is 9.53. The Morgan fingerprint density at radius 2 is 1.89 bits per heavy atom. The Morgan fingerprint density at radius 3 is 2.54 bits per heavy atom. The number of hydrogen-bond donors (Lipinski definition) is 2. The van der Waals surface area contributed by atoms with Crippen LogP contribution < -0.4 is 20.7 Å². The van der Waals surface area contributed by atoms with E-state index in [4.69, 9.17) is 10.5 Å². The van der Waals surface area contributed by atoms with Crippen molar-refractivity contribution in [3.8, 4) is 5.75 Å². The van der Waals surface area contributed by atoms with E-state index >= 15 is 0 Å². The third-order valence-electron chi connectivity index (χ3n) is 4.55. The van der Waals surface area contributed by atoms with Gasteiger partial charge in [-0.2, -0.15) is 4.37 Å². The van der Waals surface area contributed by atoms with E-state index in [9.17, 15) is 9.59 Å². The van der Waals surface area contributed by atoms with Crippen molar-refractivity contribution in [2.24, 2.45) is 0 Å². The minimum absolute atomic E-state index is 0.0317. The number of piperazine rings is 1. The number of benzene rings is 1. The van der Waals surface area contributed by atoms with Gasteiger partial charge >= 0.3 is 0 Å². The van der Waals surface area contributed by atoms with Gasteiger partial charge in [0.1, 0.15) is 10.6 Å². The molecule has 2 heterocycles. The van der Waals surface area contributed by atoms with Gasteiger partial charge in [0.15, 0.2) is 5.69 Å². The highest BCUT2D eigenvalue weighted by Crippen LogP contribution is 2.29. The van der Waals surface area contributed by atoms with Crippen LogP contribution in [-0.2, 0) is 0 Å². The zero-order chi connectivity index (χ0) is 20.3. The fourth-order valence-corrected chi connectivity index (χ4v) is 3.90. The van der Waals surface area contributed by atoms with Gasteiger partial charge in [0.2, 0.25) is 0 Å². The van der Waals surface area contributed by atoms with Crippen molar-refractivity contribution in [3.05, 3.63) is 34.8 Å². The maximum absolute atomic E-state index is 12.9. The van der Waals surface area contributed by atoms with E-state index < -0.39 is 0 Å². The van der Waals surface area contributed by atoms with E-state index in [2.05, 4.69) is 14.6 Å². The lowest BCUT2D eigenvalue weighted by Gasteiger charge is -2.36. The number of rotatable bonds is 5. The molecule has 1 aromatic carbocycles. The second-order valence-corrected chi connectivity index (χ2v) is 7.63. The van der Waals surface area contributed by atoms with Crippen LogP contribution in [0.3, 0.4) is 0 Å². The Balaban J connectivity index is 1.67. The number of hydrogen-bond acceptors (Lipinski definition) is 7. The zero-order valence-corrected chi connectivity index (χ0v) is 17.1. The van der Waals surface area contributed by atoms with Crippen molar-refractivity contribution in [3.63, 3.8) is 0 Å². The minimum Gasteiger partial charge on any atom is -0.495 e. The van der Waals surface area contributed by atoms with Crippen LogP contribution >= 0.6 is 11.5 Å². The standard InChI is InChI=1S/C19H25N5O3S/c1-12(2)21-18(25)16-15(20)17(28-22-16)19(26)24-10-8-23(9-11-24)13-6-4-5-7-14(13)27-3/h4-7,12H,8-11,20H2,1-3H3,(H,21,25). The summed E-state index contributed by atoms with van der Waals surface area (Å²) in [6.45, 7) is 6.20. The van der Waals surface area contributed by atoms with E-state index in [0.717, 1.165) is 23.0 Å². The second kappa shape index (κ2) is 8.47. The van der Waals surface area contributed by atoms with Gasteiger partial charge < -0.3 is 25.6 Å². The van der Waals surface area contributed by atoms with Gasteiger partial charge in [-0.05, 0) is 37.5 Å². The third-order valence-corrected chi connectivity index (χ3v) is 5.40. The van der Waals surface area contributed by atoms with Crippen LogP contribution in [0.5, 0.6) is 5.75 Å². The first-order valence-electron chi connectivity index (χ1n) is 9.15. The van der Waals surface area contributed by atoms with Crippen molar-refractivity contribution in [2.45, 2.75) is 19.9 Å². The number of para-hydroxylation sites is 2. The molecule has 0 saturated carbocycles. The molecule has 0 radical (unpaired) electrons. The third kappa shape index (κ3) is 4.04. The molecule has 0 bridgehead atoms. The lowest BCUT2D eigenvalue weighted by Crippen LogP contribution is -2.48. The van der Waals surface area contributed by atoms with Gasteiger partial charge in [0, 0.05) is 32.2 Å². The fourth-order valence-electron chi connectivity index (χ4n) is 3.13. The Bertz CT molecular complexity index is 859. The Hall–Kier alpha value is -2.81. The van der Waals surface area contributed by atoms with Crippen molar-refractivity contribution in [2.75, 3.05) is 43.9 Å². The molecule has 3 rings (SSSR count). The van der Waals surface area contributed by atoms with E-state index in [1.807, 2.05) is 38.1 Å². The molecule has 2 aromatic rings. The average Bonchev–Trinajstić information content (AvgIpc) is 3.08. The van der Waals surface area contributed by atoms with Gasteiger partial charge in [-0.25, -0.2) is 0 Å². The van der Waals surface area contributed by atoms with Crippen LogP contribution in [-0.4, -0.2) is 60.4 Å². The van der Waals surface area contributed by atoms with Gasteiger partial charge in [0.25, 0.3) is 11.8 Å². The maximum Gasteiger partial charge on any atom is 0.273 e. The number of nitrogens with one attached hydrogen (secondary N) is 1. The topological polar surface area (TPSA) is 101 Å². The normalized spacial score (nSPS) is 14.3. The average molecular weight is 404 g/mol. The highest BCUT2D eigenvalue weighted by Gasteiger charge is 2.28. The molecule has 3 N–H and O–H groups in total. The molecule has 28 heavy (non-hydrogen) atoms. The summed E-state index contributed by atoms with van der Waals surface area (Å²) in [7, 11) is 1.65. The molecule has 0 spiro atoms. The largest absolute Gasteiger partial charge is 0.495 e. The minimum atomic E-state index is -0.358. The van der Waals surface area contributed by atoms with E-state index in [-0.39, 0.29) is 29.2 Å². The number of nitrogens with two attached hydrogens (primary N) is 1. The van der Waals surface area contributed by atoms with Crippen molar-refractivity contribution in [1.82, 2.24) is 14.6 Å². The number of ether oxygens (including phenoxy) is 1. The van der Waals surface area contributed by atoms with Crippen molar-refractivity contribution >= 4 is 34.7 Å². The van der Waals surface area contributed by atoms with Crippen LogP contribution in [0.25, 0.3) is 0 Å². The molecule has 1 aliphatic heterocycles. The molecular weight excluding hydrogens is 378 g/mol. The number of methoxy groups -OCH3 is 1. The molecule has 1 aliphatic rings. The Morgan fingerprint density at radius 1 is 1.21 bits per heavy atom. The highest BCUT2D eigenvalue weighted by atomic mass is 32.1. The molecule has 9 heteroatoms. The number of carbonyl (C=O) groups excluding carboxylic acids is 2. The SMILES string of the molecule is COc1ccccc1N1CCN(C(=O)c2snc(C(=O)NC(C)C)c2N)CC1. The van der Waals surface area contributed by atoms with Crippen molar-refractivity contribution in [1.29, 1.82) is 0 Å². The summed E-state index contributed by atoms with van der Waals surface area (Å²) in [6, 6.07) is 7.81. The van der Waals surface area contributed by atoms with Crippen molar-refractivity contribution < 1.29 is 14.3 Å². The molecule has 0 aliphatic carbocycles.